The Morgan fingerprint density at radius 3 is 2.81 bits per heavy atom. The maximum Gasteiger partial charge on any atom is 0.320 e. The molecule has 16 heavy (non-hydrogen) atoms. The zero-order valence-electron chi connectivity index (χ0n) is 9.26. The molecule has 3 nitrogen and oxygen atoms in total. The van der Waals surface area contributed by atoms with Gasteiger partial charge in [0.2, 0.25) is 0 Å². The lowest BCUT2D eigenvalue weighted by molar-refractivity contribution is -0.143. The Morgan fingerprint density at radius 2 is 2.25 bits per heavy atom. The Bertz CT molecular complexity index is 331. The van der Waals surface area contributed by atoms with Crippen LogP contribution in [-0.4, -0.2) is 35.1 Å². The number of aliphatic carboxylic acids is 1. The smallest absolute Gasteiger partial charge is 0.320 e. The Balaban J connectivity index is 1.90. The first-order valence-electron chi connectivity index (χ1n) is 5.76. The zero-order chi connectivity index (χ0) is 11.4. The van der Waals surface area contributed by atoms with Crippen molar-refractivity contribution in [1.82, 2.24) is 4.90 Å². The van der Waals surface area contributed by atoms with E-state index in [0.717, 1.165) is 38.8 Å². The van der Waals surface area contributed by atoms with E-state index < -0.39 is 5.97 Å². The molecule has 2 rings (SSSR count). The van der Waals surface area contributed by atoms with Crippen LogP contribution < -0.4 is 0 Å². The van der Waals surface area contributed by atoms with Gasteiger partial charge >= 0.3 is 5.97 Å². The molecule has 4 heteroatoms. The van der Waals surface area contributed by atoms with Crippen molar-refractivity contribution in [2.45, 2.75) is 31.7 Å². The number of rotatable bonds is 5. The van der Waals surface area contributed by atoms with Crippen molar-refractivity contribution in [3.05, 3.63) is 22.4 Å². The summed E-state index contributed by atoms with van der Waals surface area (Å²) >= 11 is 1.71. The van der Waals surface area contributed by atoms with Crippen molar-refractivity contribution in [3.8, 4) is 0 Å². The average Bonchev–Trinajstić information content (AvgIpc) is 2.88. The predicted molar refractivity (Wildman–Crippen MR) is 64.9 cm³/mol. The molecule has 0 radical (unpaired) electrons. The summed E-state index contributed by atoms with van der Waals surface area (Å²) in [6.45, 7) is 1.89. The number of likely N-dealkylation sites (tertiary alicyclic amines) is 1. The van der Waals surface area contributed by atoms with Crippen LogP contribution in [0.1, 0.15) is 24.1 Å². The van der Waals surface area contributed by atoms with Crippen molar-refractivity contribution in [1.29, 1.82) is 0 Å². The van der Waals surface area contributed by atoms with Gasteiger partial charge in [0, 0.05) is 4.88 Å². The molecule has 1 aliphatic heterocycles. The SMILES string of the molecule is O=C(O)C(CCc1cccs1)N1CCCC1. The standard InChI is InChI=1S/C12H17NO2S/c14-12(15)11(13-7-1-2-8-13)6-5-10-4-3-9-16-10/h3-4,9,11H,1-2,5-8H2,(H,14,15). The molecule has 1 unspecified atom stereocenters. The van der Waals surface area contributed by atoms with E-state index in [1.807, 2.05) is 11.4 Å². The monoisotopic (exact) mass is 239 g/mol. The lowest BCUT2D eigenvalue weighted by atomic mass is 10.1. The van der Waals surface area contributed by atoms with Gasteiger partial charge in [0.15, 0.2) is 0 Å². The number of hydrogen-bond donors (Lipinski definition) is 1. The van der Waals surface area contributed by atoms with E-state index >= 15 is 0 Å². The fourth-order valence-corrected chi connectivity index (χ4v) is 2.97. The molecule has 1 aromatic rings. The molecule has 1 aliphatic rings. The van der Waals surface area contributed by atoms with Gasteiger partial charge in [-0.1, -0.05) is 6.07 Å². The highest BCUT2D eigenvalue weighted by Gasteiger charge is 2.27. The molecule has 0 saturated carbocycles. The average molecular weight is 239 g/mol. The molecule has 1 N–H and O–H groups in total. The quantitative estimate of drug-likeness (QED) is 0.856. The molecule has 0 aliphatic carbocycles. The minimum Gasteiger partial charge on any atom is -0.480 e. The first-order valence-corrected chi connectivity index (χ1v) is 6.64. The minimum atomic E-state index is -0.668. The number of carboxylic acid groups (broad SMARTS) is 1. The predicted octanol–water partition coefficient (Wildman–Crippen LogP) is 2.23. The van der Waals surface area contributed by atoms with E-state index in [4.69, 9.17) is 0 Å². The maximum absolute atomic E-state index is 11.2. The number of carbonyl (C=O) groups is 1. The molecule has 1 atom stereocenters. The van der Waals surface area contributed by atoms with Crippen molar-refractivity contribution in [3.63, 3.8) is 0 Å². The van der Waals surface area contributed by atoms with Crippen LogP contribution in [0.25, 0.3) is 0 Å². The van der Waals surface area contributed by atoms with Crippen LogP contribution in [0.5, 0.6) is 0 Å². The van der Waals surface area contributed by atoms with Crippen LogP contribution in [-0.2, 0) is 11.2 Å². The molecule has 0 bridgehead atoms. The number of carboxylic acids is 1. The van der Waals surface area contributed by atoms with Gasteiger partial charge < -0.3 is 5.11 Å². The summed E-state index contributed by atoms with van der Waals surface area (Å²) in [6, 6.07) is 3.81. The highest BCUT2D eigenvalue weighted by atomic mass is 32.1. The summed E-state index contributed by atoms with van der Waals surface area (Å²) in [7, 11) is 0. The van der Waals surface area contributed by atoms with Crippen LogP contribution in [0.4, 0.5) is 0 Å². The molecule has 1 fully saturated rings. The third-order valence-electron chi connectivity index (χ3n) is 3.11. The molecule has 2 heterocycles. The topological polar surface area (TPSA) is 40.5 Å². The summed E-state index contributed by atoms with van der Waals surface area (Å²) < 4.78 is 0. The molecular weight excluding hydrogens is 222 g/mol. The highest BCUT2D eigenvalue weighted by molar-refractivity contribution is 7.09. The normalized spacial score (nSPS) is 18.8. The Hall–Kier alpha value is -0.870. The lowest BCUT2D eigenvalue weighted by Crippen LogP contribution is -2.39. The van der Waals surface area contributed by atoms with Crippen molar-refractivity contribution in [2.24, 2.45) is 0 Å². The molecule has 88 valence electrons. The van der Waals surface area contributed by atoms with Gasteiger partial charge in [0.1, 0.15) is 6.04 Å². The molecule has 1 saturated heterocycles. The van der Waals surface area contributed by atoms with Crippen LogP contribution >= 0.6 is 11.3 Å². The summed E-state index contributed by atoms with van der Waals surface area (Å²) in [5, 5.41) is 11.3. The van der Waals surface area contributed by atoms with E-state index in [2.05, 4.69) is 11.0 Å². The van der Waals surface area contributed by atoms with Gasteiger partial charge in [-0.3, -0.25) is 9.69 Å². The molecule has 0 amide bonds. The minimum absolute atomic E-state index is 0.287. The van der Waals surface area contributed by atoms with Crippen LogP contribution in [0, 0.1) is 0 Å². The molecule has 0 aromatic carbocycles. The summed E-state index contributed by atoms with van der Waals surface area (Å²) in [6.07, 6.45) is 3.90. The van der Waals surface area contributed by atoms with Crippen molar-refractivity contribution < 1.29 is 9.90 Å². The van der Waals surface area contributed by atoms with Gasteiger partial charge in [0.05, 0.1) is 0 Å². The first-order chi connectivity index (χ1) is 7.77. The van der Waals surface area contributed by atoms with E-state index in [1.165, 1.54) is 4.88 Å². The van der Waals surface area contributed by atoms with E-state index in [-0.39, 0.29) is 6.04 Å². The summed E-state index contributed by atoms with van der Waals surface area (Å²) in [5.74, 6) is -0.668. The Kier molecular flexibility index (Phi) is 3.96. The van der Waals surface area contributed by atoms with Gasteiger partial charge in [-0.2, -0.15) is 0 Å². The number of hydrogen-bond acceptors (Lipinski definition) is 3. The third-order valence-corrected chi connectivity index (χ3v) is 4.05. The molecule has 1 aromatic heterocycles. The number of thiophene rings is 1. The third kappa shape index (κ3) is 2.83. The second-order valence-electron chi connectivity index (χ2n) is 4.22. The zero-order valence-corrected chi connectivity index (χ0v) is 10.1. The lowest BCUT2D eigenvalue weighted by Gasteiger charge is -2.23. The van der Waals surface area contributed by atoms with E-state index in [1.54, 1.807) is 11.3 Å². The van der Waals surface area contributed by atoms with Crippen LogP contribution in [0.2, 0.25) is 0 Å². The number of aryl methyl sites for hydroxylation is 1. The van der Waals surface area contributed by atoms with Crippen LogP contribution in [0.15, 0.2) is 17.5 Å². The summed E-state index contributed by atoms with van der Waals surface area (Å²) in [5.41, 5.74) is 0. The summed E-state index contributed by atoms with van der Waals surface area (Å²) in [4.78, 5) is 14.6. The highest BCUT2D eigenvalue weighted by Crippen LogP contribution is 2.18. The number of nitrogens with zero attached hydrogens (tertiary/aromatic N) is 1. The van der Waals surface area contributed by atoms with E-state index in [0.29, 0.717) is 0 Å². The van der Waals surface area contributed by atoms with Gasteiger partial charge in [-0.05, 0) is 50.2 Å². The molecular formula is C12H17NO2S. The second kappa shape index (κ2) is 5.46. The van der Waals surface area contributed by atoms with Crippen molar-refractivity contribution in [2.75, 3.05) is 13.1 Å². The van der Waals surface area contributed by atoms with Gasteiger partial charge in [-0.15, -0.1) is 11.3 Å². The first kappa shape index (κ1) is 11.6. The fourth-order valence-electron chi connectivity index (χ4n) is 2.25. The second-order valence-corrected chi connectivity index (χ2v) is 5.25. The Labute approximate surface area is 99.7 Å². The largest absolute Gasteiger partial charge is 0.480 e. The van der Waals surface area contributed by atoms with Gasteiger partial charge in [-0.25, -0.2) is 0 Å². The maximum atomic E-state index is 11.2. The fraction of sp³-hybridized carbons (Fsp3) is 0.583. The van der Waals surface area contributed by atoms with E-state index in [9.17, 15) is 9.90 Å². The van der Waals surface area contributed by atoms with Gasteiger partial charge in [0.25, 0.3) is 0 Å². The van der Waals surface area contributed by atoms with Crippen molar-refractivity contribution >= 4 is 17.3 Å². The Morgan fingerprint density at radius 1 is 1.50 bits per heavy atom. The molecule has 0 spiro atoms. The van der Waals surface area contributed by atoms with Crippen LogP contribution in [0.3, 0.4) is 0 Å².